The Morgan fingerprint density at radius 1 is 0.857 bits per heavy atom. The number of anilines is 2. The molecule has 1 unspecified atom stereocenters. The number of nitrogens with one attached hydrogen (secondary N) is 3. The standard InChI is InChI=1S/C32H26Cl2FN3O3S/c1-2-29(32(41)36-24-15-13-23(35)14-16-24)42-26-10-6-9-25(19-26)37-31(40)28(17-21-11-12-22(33)18-27(21)34)38-30(39)20-7-4-3-5-8-20/h3-19,29H,2H2,1H3,(H,36,41)(H,37,40)(H,38,39)/b28-17+. The first-order valence-electron chi connectivity index (χ1n) is 12.9. The topological polar surface area (TPSA) is 87.3 Å². The average Bonchev–Trinajstić information content (AvgIpc) is 2.98. The van der Waals surface area contributed by atoms with E-state index in [9.17, 15) is 18.8 Å². The van der Waals surface area contributed by atoms with Gasteiger partial charge in [0, 0.05) is 31.9 Å². The fraction of sp³-hybridized carbons (Fsp3) is 0.0938. The number of benzene rings is 4. The fourth-order valence-electron chi connectivity index (χ4n) is 3.80. The Kier molecular flexibility index (Phi) is 10.8. The van der Waals surface area contributed by atoms with Gasteiger partial charge in [0.25, 0.3) is 11.8 Å². The van der Waals surface area contributed by atoms with Crippen LogP contribution in [0.15, 0.2) is 108 Å². The van der Waals surface area contributed by atoms with Gasteiger partial charge in [0.05, 0.1) is 5.25 Å². The number of hydrogen-bond acceptors (Lipinski definition) is 4. The number of rotatable bonds is 10. The van der Waals surface area contributed by atoms with Crippen LogP contribution in [0.2, 0.25) is 10.0 Å². The fourth-order valence-corrected chi connectivity index (χ4v) is 5.28. The maximum absolute atomic E-state index is 13.4. The van der Waals surface area contributed by atoms with Crippen molar-refractivity contribution in [2.24, 2.45) is 0 Å². The summed E-state index contributed by atoms with van der Waals surface area (Å²) in [7, 11) is 0. The monoisotopic (exact) mass is 621 g/mol. The number of halogens is 3. The summed E-state index contributed by atoms with van der Waals surface area (Å²) < 4.78 is 13.2. The molecular formula is C32H26Cl2FN3O3S. The van der Waals surface area contributed by atoms with Gasteiger partial charge in [0.15, 0.2) is 0 Å². The van der Waals surface area contributed by atoms with Crippen LogP contribution in [0.5, 0.6) is 0 Å². The molecule has 10 heteroatoms. The van der Waals surface area contributed by atoms with Gasteiger partial charge in [0.1, 0.15) is 11.5 Å². The SMILES string of the molecule is CCC(Sc1cccc(NC(=O)/C(=C\c2ccc(Cl)cc2Cl)NC(=O)c2ccccc2)c1)C(=O)Nc1ccc(F)cc1. The molecule has 0 fully saturated rings. The smallest absolute Gasteiger partial charge is 0.272 e. The van der Waals surface area contributed by atoms with Gasteiger partial charge in [0.2, 0.25) is 5.91 Å². The molecule has 6 nitrogen and oxygen atoms in total. The first kappa shape index (κ1) is 30.8. The summed E-state index contributed by atoms with van der Waals surface area (Å²) in [6.45, 7) is 1.89. The number of thioether (sulfide) groups is 1. The van der Waals surface area contributed by atoms with E-state index in [1.165, 1.54) is 42.1 Å². The van der Waals surface area contributed by atoms with E-state index in [2.05, 4.69) is 16.0 Å². The van der Waals surface area contributed by atoms with E-state index in [1.807, 2.05) is 13.0 Å². The van der Waals surface area contributed by atoms with Crippen molar-refractivity contribution in [2.45, 2.75) is 23.5 Å². The van der Waals surface area contributed by atoms with E-state index in [0.29, 0.717) is 39.0 Å². The molecule has 0 heterocycles. The molecule has 0 aliphatic heterocycles. The molecule has 0 aliphatic rings. The molecule has 3 amide bonds. The lowest BCUT2D eigenvalue weighted by atomic mass is 10.1. The van der Waals surface area contributed by atoms with Crippen molar-refractivity contribution in [3.63, 3.8) is 0 Å². The van der Waals surface area contributed by atoms with Crippen LogP contribution in [0.4, 0.5) is 15.8 Å². The van der Waals surface area contributed by atoms with Gasteiger partial charge >= 0.3 is 0 Å². The second kappa shape index (κ2) is 14.7. The molecule has 0 saturated heterocycles. The van der Waals surface area contributed by atoms with Crippen LogP contribution < -0.4 is 16.0 Å². The number of hydrogen-bond donors (Lipinski definition) is 3. The third kappa shape index (κ3) is 8.69. The predicted octanol–water partition coefficient (Wildman–Crippen LogP) is 8.05. The second-order valence-electron chi connectivity index (χ2n) is 9.04. The van der Waals surface area contributed by atoms with Gasteiger partial charge in [-0.1, -0.05) is 60.5 Å². The highest BCUT2D eigenvalue weighted by Crippen LogP contribution is 2.29. The van der Waals surface area contributed by atoms with Crippen LogP contribution in [-0.4, -0.2) is 23.0 Å². The lowest BCUT2D eigenvalue weighted by Crippen LogP contribution is -2.30. The number of amides is 3. The highest BCUT2D eigenvalue weighted by atomic mass is 35.5. The predicted molar refractivity (Wildman–Crippen MR) is 168 cm³/mol. The Labute approximate surface area is 257 Å². The van der Waals surface area contributed by atoms with Crippen LogP contribution in [0.25, 0.3) is 6.08 Å². The van der Waals surface area contributed by atoms with E-state index >= 15 is 0 Å². The zero-order valence-electron chi connectivity index (χ0n) is 22.4. The Bertz CT molecular complexity index is 1620. The summed E-state index contributed by atoms with van der Waals surface area (Å²) in [4.78, 5) is 40.0. The minimum atomic E-state index is -0.575. The van der Waals surface area contributed by atoms with E-state index < -0.39 is 17.1 Å². The molecule has 0 saturated carbocycles. The Hall–Kier alpha value is -4.11. The van der Waals surface area contributed by atoms with Crippen molar-refractivity contribution in [2.75, 3.05) is 10.6 Å². The van der Waals surface area contributed by atoms with Crippen molar-refractivity contribution in [1.82, 2.24) is 5.32 Å². The van der Waals surface area contributed by atoms with Crippen molar-refractivity contribution >= 4 is 70.1 Å². The average molecular weight is 623 g/mol. The lowest BCUT2D eigenvalue weighted by Gasteiger charge is -2.16. The summed E-state index contributed by atoms with van der Waals surface area (Å²) in [6.07, 6.45) is 2.01. The highest BCUT2D eigenvalue weighted by molar-refractivity contribution is 8.00. The van der Waals surface area contributed by atoms with Crippen molar-refractivity contribution in [1.29, 1.82) is 0 Å². The van der Waals surface area contributed by atoms with Crippen LogP contribution >= 0.6 is 35.0 Å². The van der Waals surface area contributed by atoms with Crippen LogP contribution in [0.1, 0.15) is 29.3 Å². The molecule has 0 radical (unpaired) electrons. The molecule has 4 aromatic carbocycles. The molecule has 0 aliphatic carbocycles. The summed E-state index contributed by atoms with van der Waals surface area (Å²) in [5.41, 5.74) is 1.79. The molecule has 42 heavy (non-hydrogen) atoms. The summed E-state index contributed by atoms with van der Waals surface area (Å²) in [6, 6.07) is 25.9. The van der Waals surface area contributed by atoms with Crippen molar-refractivity contribution < 1.29 is 18.8 Å². The maximum Gasteiger partial charge on any atom is 0.272 e. The lowest BCUT2D eigenvalue weighted by molar-refractivity contribution is -0.116. The van der Waals surface area contributed by atoms with Crippen LogP contribution in [-0.2, 0) is 9.59 Å². The molecule has 4 aromatic rings. The summed E-state index contributed by atoms with van der Waals surface area (Å²) in [5.74, 6) is -1.66. The van der Waals surface area contributed by atoms with Gasteiger partial charge < -0.3 is 16.0 Å². The molecule has 3 N–H and O–H groups in total. The minimum Gasteiger partial charge on any atom is -0.325 e. The maximum atomic E-state index is 13.4. The Morgan fingerprint density at radius 2 is 1.60 bits per heavy atom. The summed E-state index contributed by atoms with van der Waals surface area (Å²) >= 11 is 13.7. The molecule has 214 valence electrons. The third-order valence-electron chi connectivity index (χ3n) is 5.94. The van der Waals surface area contributed by atoms with Crippen LogP contribution in [0, 0.1) is 5.82 Å². The molecule has 0 aromatic heterocycles. The Balaban J connectivity index is 1.52. The Morgan fingerprint density at radius 3 is 2.29 bits per heavy atom. The highest BCUT2D eigenvalue weighted by Gasteiger charge is 2.20. The molecule has 4 rings (SSSR count). The second-order valence-corrected chi connectivity index (χ2v) is 11.2. The van der Waals surface area contributed by atoms with Gasteiger partial charge in [-0.2, -0.15) is 0 Å². The van der Waals surface area contributed by atoms with E-state index in [1.54, 1.807) is 66.7 Å². The van der Waals surface area contributed by atoms with Crippen molar-refractivity contribution in [3.05, 3.63) is 130 Å². The third-order valence-corrected chi connectivity index (χ3v) is 7.86. The first-order valence-corrected chi connectivity index (χ1v) is 14.5. The van der Waals surface area contributed by atoms with Gasteiger partial charge in [-0.3, -0.25) is 14.4 Å². The van der Waals surface area contributed by atoms with Gasteiger partial charge in [-0.05, 0) is 84.8 Å². The minimum absolute atomic E-state index is 0.0313. The number of carbonyl (C=O) groups is 3. The molecule has 0 spiro atoms. The normalized spacial score (nSPS) is 11.9. The summed E-state index contributed by atoms with van der Waals surface area (Å²) in [5, 5.41) is 8.60. The van der Waals surface area contributed by atoms with Crippen molar-refractivity contribution in [3.8, 4) is 0 Å². The van der Waals surface area contributed by atoms with E-state index in [4.69, 9.17) is 23.2 Å². The van der Waals surface area contributed by atoms with E-state index in [-0.39, 0.29) is 17.4 Å². The van der Waals surface area contributed by atoms with Gasteiger partial charge in [-0.25, -0.2) is 4.39 Å². The quantitative estimate of drug-likeness (QED) is 0.123. The molecule has 1 atom stereocenters. The zero-order chi connectivity index (χ0) is 30.1. The number of carbonyl (C=O) groups excluding carboxylic acids is 3. The first-order chi connectivity index (χ1) is 20.2. The molecular weight excluding hydrogens is 596 g/mol. The van der Waals surface area contributed by atoms with E-state index in [0.717, 1.165) is 4.90 Å². The zero-order valence-corrected chi connectivity index (χ0v) is 24.7. The van der Waals surface area contributed by atoms with Gasteiger partial charge in [-0.15, -0.1) is 11.8 Å². The largest absolute Gasteiger partial charge is 0.325 e. The van der Waals surface area contributed by atoms with Crippen LogP contribution in [0.3, 0.4) is 0 Å². The molecule has 0 bridgehead atoms.